The summed E-state index contributed by atoms with van der Waals surface area (Å²) in [4.78, 5) is 39.7. The third-order valence-electron chi connectivity index (χ3n) is 6.01. The molecule has 2 aliphatic heterocycles. The third kappa shape index (κ3) is 4.57. The standard InChI is InChI=1S/C22H29N7O5S/c1-21(2,3)20(33)34-10-28-16(25-26-27-28)15-22(4,5)35-19-14(18(32)29(15)19)24-17(31)13(23)11-6-8-12(30)9-7-11/h6-9,13-15,19,30H,10,23H2,1-5H3,(H,24,31)/t13-,14?,15?,19-/m1/s1. The van der Waals surface area contributed by atoms with Crippen LogP contribution in [0.15, 0.2) is 24.3 Å². The summed E-state index contributed by atoms with van der Waals surface area (Å²) in [6, 6.07) is 3.78. The van der Waals surface area contributed by atoms with Crippen LogP contribution in [0.25, 0.3) is 0 Å². The lowest BCUT2D eigenvalue weighted by atomic mass is 9.95. The number of phenols is 1. The van der Waals surface area contributed by atoms with E-state index >= 15 is 0 Å². The van der Waals surface area contributed by atoms with Gasteiger partial charge in [-0.3, -0.25) is 14.4 Å². The molecule has 1 aromatic heterocycles. The van der Waals surface area contributed by atoms with Crippen LogP contribution in [0.3, 0.4) is 0 Å². The van der Waals surface area contributed by atoms with E-state index in [0.29, 0.717) is 11.4 Å². The number of fused-ring (bicyclic) bond motifs is 1. The Hall–Kier alpha value is -3.19. The van der Waals surface area contributed by atoms with Gasteiger partial charge in [-0.25, -0.2) is 0 Å². The molecule has 0 bridgehead atoms. The number of esters is 1. The van der Waals surface area contributed by atoms with Gasteiger partial charge >= 0.3 is 5.97 Å². The van der Waals surface area contributed by atoms with Crippen molar-refractivity contribution in [3.8, 4) is 5.75 Å². The molecule has 3 heterocycles. The van der Waals surface area contributed by atoms with Gasteiger partial charge in [-0.2, -0.15) is 4.68 Å². The van der Waals surface area contributed by atoms with Gasteiger partial charge in [0.15, 0.2) is 12.6 Å². The van der Waals surface area contributed by atoms with E-state index in [0.717, 1.165) is 0 Å². The van der Waals surface area contributed by atoms with E-state index in [1.165, 1.54) is 28.6 Å². The number of phenolic OH excluding ortho intramolecular Hbond substituents is 1. The molecular weight excluding hydrogens is 474 g/mol. The Balaban J connectivity index is 1.47. The van der Waals surface area contributed by atoms with Crippen LogP contribution in [0.5, 0.6) is 5.75 Å². The van der Waals surface area contributed by atoms with Gasteiger partial charge in [-0.05, 0) is 62.7 Å². The number of rotatable bonds is 6. The number of tetrazole rings is 1. The van der Waals surface area contributed by atoms with E-state index in [9.17, 15) is 19.5 Å². The Labute approximate surface area is 206 Å². The van der Waals surface area contributed by atoms with Crippen molar-refractivity contribution >= 4 is 29.5 Å². The van der Waals surface area contributed by atoms with Gasteiger partial charge in [0, 0.05) is 4.75 Å². The van der Waals surface area contributed by atoms with Crippen LogP contribution in [-0.4, -0.2) is 64.2 Å². The number of carbonyl (C=O) groups excluding carboxylic acids is 3. The lowest BCUT2D eigenvalue weighted by molar-refractivity contribution is -0.158. The predicted octanol–water partition coefficient (Wildman–Crippen LogP) is 0.845. The number of aromatic nitrogens is 4. The first-order chi connectivity index (χ1) is 16.3. The second-order valence-electron chi connectivity index (χ2n) is 10.2. The molecule has 4 atom stereocenters. The molecule has 35 heavy (non-hydrogen) atoms. The molecule has 188 valence electrons. The normalized spacial score (nSPS) is 23.9. The van der Waals surface area contributed by atoms with Crippen molar-refractivity contribution < 1.29 is 24.2 Å². The summed E-state index contributed by atoms with van der Waals surface area (Å²) in [5.74, 6) is -0.701. The van der Waals surface area contributed by atoms with E-state index in [4.69, 9.17) is 10.5 Å². The van der Waals surface area contributed by atoms with Gasteiger partial charge < -0.3 is 25.8 Å². The van der Waals surface area contributed by atoms with Crippen LogP contribution in [-0.2, 0) is 25.9 Å². The van der Waals surface area contributed by atoms with Gasteiger partial charge in [-0.15, -0.1) is 16.9 Å². The van der Waals surface area contributed by atoms with E-state index in [-0.39, 0.29) is 23.8 Å². The number of ether oxygens (including phenoxy) is 1. The third-order valence-corrected chi connectivity index (χ3v) is 7.58. The van der Waals surface area contributed by atoms with E-state index in [1.54, 1.807) is 37.8 Å². The Morgan fingerprint density at radius 1 is 1.29 bits per heavy atom. The number of nitrogens with one attached hydrogen (secondary N) is 1. The first kappa shape index (κ1) is 24.9. The quantitative estimate of drug-likeness (QED) is 0.380. The largest absolute Gasteiger partial charge is 0.508 e. The van der Waals surface area contributed by atoms with Crippen molar-refractivity contribution in [2.45, 2.75) is 69.6 Å². The number of nitrogens with zero attached hydrogens (tertiary/aromatic N) is 5. The number of β-lactam (4-membered cyclic amide) rings is 1. The molecule has 1 aromatic carbocycles. The van der Waals surface area contributed by atoms with E-state index in [2.05, 4.69) is 20.8 Å². The SMILES string of the molecule is CC(C)(C)C(=O)OCn1nnnc1C1N2C(=O)C(NC(=O)[C@H](N)c3ccc(O)cc3)[C@H]2SC1(C)C. The fraction of sp³-hybridized carbons (Fsp3) is 0.545. The van der Waals surface area contributed by atoms with Gasteiger partial charge in [0.25, 0.3) is 0 Å². The predicted molar refractivity (Wildman–Crippen MR) is 125 cm³/mol. The maximum Gasteiger partial charge on any atom is 0.313 e. The van der Waals surface area contributed by atoms with Crippen LogP contribution >= 0.6 is 11.8 Å². The van der Waals surface area contributed by atoms with Crippen LogP contribution in [0.2, 0.25) is 0 Å². The minimum Gasteiger partial charge on any atom is -0.508 e. The maximum atomic E-state index is 13.1. The highest BCUT2D eigenvalue weighted by Gasteiger charge is 2.63. The zero-order valence-corrected chi connectivity index (χ0v) is 20.9. The number of hydrogen-bond donors (Lipinski definition) is 3. The summed E-state index contributed by atoms with van der Waals surface area (Å²) >= 11 is 1.52. The minimum atomic E-state index is -0.988. The minimum absolute atomic E-state index is 0.0670. The second-order valence-corrected chi connectivity index (χ2v) is 11.9. The van der Waals surface area contributed by atoms with Crippen molar-refractivity contribution in [2.75, 3.05) is 0 Å². The molecule has 0 spiro atoms. The summed E-state index contributed by atoms with van der Waals surface area (Å²) in [6.07, 6.45) is 0. The second kappa shape index (κ2) is 8.79. The monoisotopic (exact) mass is 503 g/mol. The van der Waals surface area contributed by atoms with Crippen molar-refractivity contribution in [3.05, 3.63) is 35.7 Å². The first-order valence-corrected chi connectivity index (χ1v) is 12.0. The summed E-state index contributed by atoms with van der Waals surface area (Å²) in [5.41, 5.74) is 5.91. The number of benzene rings is 1. The Morgan fingerprint density at radius 2 is 1.94 bits per heavy atom. The molecule has 0 radical (unpaired) electrons. The molecule has 4 rings (SSSR count). The summed E-state index contributed by atoms with van der Waals surface area (Å²) in [5, 5.41) is 23.7. The highest BCUT2D eigenvalue weighted by atomic mass is 32.2. The molecule has 12 nitrogen and oxygen atoms in total. The van der Waals surface area contributed by atoms with Gasteiger partial charge in [0.1, 0.15) is 29.2 Å². The van der Waals surface area contributed by atoms with Crippen LogP contribution in [0.1, 0.15) is 58.1 Å². The Morgan fingerprint density at radius 3 is 2.57 bits per heavy atom. The molecule has 2 aromatic rings. The fourth-order valence-corrected chi connectivity index (χ4v) is 5.71. The zero-order valence-electron chi connectivity index (χ0n) is 20.1. The fourth-order valence-electron chi connectivity index (χ4n) is 4.08. The summed E-state index contributed by atoms with van der Waals surface area (Å²) < 4.78 is 6.25. The highest BCUT2D eigenvalue weighted by molar-refractivity contribution is 8.01. The molecule has 2 amide bonds. The molecule has 4 N–H and O–H groups in total. The molecule has 2 saturated heterocycles. The van der Waals surface area contributed by atoms with Gasteiger partial charge in [0.05, 0.1) is 5.41 Å². The number of hydrogen-bond acceptors (Lipinski definition) is 10. The zero-order chi connectivity index (χ0) is 25.7. The molecule has 13 heteroatoms. The van der Waals surface area contributed by atoms with Crippen molar-refractivity contribution in [2.24, 2.45) is 11.1 Å². The van der Waals surface area contributed by atoms with Crippen molar-refractivity contribution in [3.63, 3.8) is 0 Å². The van der Waals surface area contributed by atoms with E-state index < -0.39 is 40.2 Å². The number of aromatic hydroxyl groups is 1. The Kier molecular flexibility index (Phi) is 6.26. The lowest BCUT2D eigenvalue weighted by Gasteiger charge is -2.44. The van der Waals surface area contributed by atoms with Crippen LogP contribution < -0.4 is 11.1 Å². The van der Waals surface area contributed by atoms with Crippen LogP contribution in [0, 0.1) is 5.41 Å². The van der Waals surface area contributed by atoms with E-state index in [1.807, 2.05) is 13.8 Å². The van der Waals surface area contributed by atoms with Crippen molar-refractivity contribution in [1.82, 2.24) is 30.4 Å². The lowest BCUT2D eigenvalue weighted by Crippen LogP contribution is -2.68. The van der Waals surface area contributed by atoms with Crippen LogP contribution in [0.4, 0.5) is 0 Å². The number of carbonyl (C=O) groups is 3. The molecule has 2 aliphatic rings. The highest BCUT2D eigenvalue weighted by Crippen LogP contribution is 2.56. The summed E-state index contributed by atoms with van der Waals surface area (Å²) in [6.45, 7) is 9.00. The average molecular weight is 504 g/mol. The van der Waals surface area contributed by atoms with Crippen molar-refractivity contribution in [1.29, 1.82) is 0 Å². The summed E-state index contributed by atoms with van der Waals surface area (Å²) in [7, 11) is 0. The van der Waals surface area contributed by atoms with Gasteiger partial charge in [0.2, 0.25) is 11.8 Å². The Bertz CT molecular complexity index is 1140. The molecule has 2 unspecified atom stereocenters. The first-order valence-electron chi connectivity index (χ1n) is 11.1. The number of amides is 2. The molecule has 2 fully saturated rings. The number of nitrogens with two attached hydrogens (primary N) is 1. The number of thioether (sulfide) groups is 1. The molecule has 0 aliphatic carbocycles. The maximum absolute atomic E-state index is 13.1. The molecular formula is C22H29N7O5S. The van der Waals surface area contributed by atoms with Gasteiger partial charge in [-0.1, -0.05) is 12.1 Å². The average Bonchev–Trinajstić information content (AvgIpc) is 3.34. The molecule has 0 saturated carbocycles. The smallest absolute Gasteiger partial charge is 0.313 e. The topological polar surface area (TPSA) is 166 Å².